The Morgan fingerprint density at radius 3 is 2.68 bits per heavy atom. The van der Waals surface area contributed by atoms with Crippen molar-refractivity contribution in [1.82, 2.24) is 10.2 Å². The van der Waals surface area contributed by atoms with Gasteiger partial charge in [0, 0.05) is 38.4 Å². The SMILES string of the molecule is C=Nc1c(N2CC(C)CC(C(=O)NC3CCN(CC)CC3)C2)ccc(C#N)c1/N=C\C. The number of nitriles is 1. The second-order valence-corrected chi connectivity index (χ2v) is 8.65. The number of piperidine rings is 2. The van der Waals surface area contributed by atoms with Gasteiger partial charge in [-0.15, -0.1) is 0 Å². The number of nitrogens with zero attached hydrogens (tertiary/aromatic N) is 5. The summed E-state index contributed by atoms with van der Waals surface area (Å²) in [6, 6.07) is 6.14. The van der Waals surface area contributed by atoms with Gasteiger partial charge in [0.15, 0.2) is 0 Å². The molecule has 2 saturated heterocycles. The molecule has 0 aliphatic carbocycles. The van der Waals surface area contributed by atoms with E-state index >= 15 is 0 Å². The molecule has 2 aliphatic rings. The summed E-state index contributed by atoms with van der Waals surface area (Å²) in [5, 5.41) is 12.8. The third-order valence-electron chi connectivity index (χ3n) is 6.42. The Labute approximate surface area is 185 Å². The van der Waals surface area contributed by atoms with Crippen LogP contribution in [0.25, 0.3) is 0 Å². The second-order valence-electron chi connectivity index (χ2n) is 8.65. The van der Waals surface area contributed by atoms with E-state index in [4.69, 9.17) is 0 Å². The molecule has 1 aromatic carbocycles. The average molecular weight is 423 g/mol. The molecule has 3 rings (SSSR count). The number of rotatable bonds is 6. The van der Waals surface area contributed by atoms with Gasteiger partial charge in [-0.2, -0.15) is 5.26 Å². The first-order valence-electron chi connectivity index (χ1n) is 11.3. The van der Waals surface area contributed by atoms with Gasteiger partial charge in [-0.3, -0.25) is 14.8 Å². The highest BCUT2D eigenvalue weighted by atomic mass is 16.2. The van der Waals surface area contributed by atoms with Gasteiger partial charge in [0.25, 0.3) is 0 Å². The van der Waals surface area contributed by atoms with Gasteiger partial charge in [-0.25, -0.2) is 0 Å². The Morgan fingerprint density at radius 1 is 1.32 bits per heavy atom. The van der Waals surface area contributed by atoms with Crippen molar-refractivity contribution >= 4 is 35.9 Å². The second kappa shape index (κ2) is 10.5. The zero-order chi connectivity index (χ0) is 22.4. The highest BCUT2D eigenvalue weighted by molar-refractivity contribution is 5.87. The minimum Gasteiger partial charge on any atom is -0.369 e. The van der Waals surface area contributed by atoms with Crippen LogP contribution in [0.4, 0.5) is 17.1 Å². The number of benzene rings is 1. The molecule has 0 aromatic heterocycles. The minimum absolute atomic E-state index is 0.0700. The lowest BCUT2D eigenvalue weighted by atomic mass is 9.88. The summed E-state index contributed by atoms with van der Waals surface area (Å²) in [6.07, 6.45) is 4.57. The molecule has 0 spiro atoms. The average Bonchev–Trinajstić information content (AvgIpc) is 2.79. The molecule has 0 radical (unpaired) electrons. The molecule has 166 valence electrons. The molecule has 7 nitrogen and oxygen atoms in total. The highest BCUT2D eigenvalue weighted by Crippen LogP contribution is 2.42. The van der Waals surface area contributed by atoms with Crippen LogP contribution in [-0.4, -0.2) is 62.5 Å². The number of hydrogen-bond acceptors (Lipinski definition) is 6. The van der Waals surface area contributed by atoms with E-state index in [2.05, 4.69) is 51.7 Å². The first-order valence-corrected chi connectivity index (χ1v) is 11.3. The summed E-state index contributed by atoms with van der Waals surface area (Å²) >= 11 is 0. The van der Waals surface area contributed by atoms with Crippen molar-refractivity contribution in [3.8, 4) is 6.07 Å². The van der Waals surface area contributed by atoms with Crippen LogP contribution in [0.3, 0.4) is 0 Å². The van der Waals surface area contributed by atoms with Crippen molar-refractivity contribution in [1.29, 1.82) is 5.26 Å². The van der Waals surface area contributed by atoms with Crippen LogP contribution < -0.4 is 10.2 Å². The zero-order valence-corrected chi connectivity index (χ0v) is 19.0. The lowest BCUT2D eigenvalue weighted by Gasteiger charge is -2.39. The summed E-state index contributed by atoms with van der Waals surface area (Å²) in [7, 11) is 0. The van der Waals surface area contributed by atoms with Gasteiger partial charge in [0.05, 0.1) is 17.2 Å². The monoisotopic (exact) mass is 422 g/mol. The summed E-state index contributed by atoms with van der Waals surface area (Å²) in [6.45, 7) is 14.5. The van der Waals surface area contributed by atoms with E-state index in [1.807, 2.05) is 13.0 Å². The fraction of sp³-hybridized carbons (Fsp3) is 0.583. The van der Waals surface area contributed by atoms with Crippen LogP contribution >= 0.6 is 0 Å². The summed E-state index contributed by atoms with van der Waals surface area (Å²) < 4.78 is 0. The Morgan fingerprint density at radius 2 is 2.06 bits per heavy atom. The number of nitrogens with one attached hydrogen (secondary N) is 1. The summed E-state index contributed by atoms with van der Waals surface area (Å²) in [5.74, 6) is 0.456. The normalized spacial score (nSPS) is 23.0. The fourth-order valence-electron chi connectivity index (χ4n) is 4.78. The van der Waals surface area contributed by atoms with Crippen molar-refractivity contribution in [2.24, 2.45) is 21.8 Å². The summed E-state index contributed by atoms with van der Waals surface area (Å²) in [5.41, 5.74) is 2.51. The molecule has 2 fully saturated rings. The van der Waals surface area contributed by atoms with Gasteiger partial charge in [-0.1, -0.05) is 13.8 Å². The molecule has 2 heterocycles. The van der Waals surface area contributed by atoms with Crippen LogP contribution in [0.2, 0.25) is 0 Å². The van der Waals surface area contributed by atoms with E-state index in [0.717, 1.165) is 51.1 Å². The van der Waals surface area contributed by atoms with Crippen LogP contribution in [0.5, 0.6) is 0 Å². The molecular formula is C24H34N6O. The van der Waals surface area contributed by atoms with Crippen molar-refractivity contribution < 1.29 is 4.79 Å². The Balaban J connectivity index is 1.77. The van der Waals surface area contributed by atoms with Crippen LogP contribution in [0, 0.1) is 23.2 Å². The fourth-order valence-corrected chi connectivity index (χ4v) is 4.78. The number of amides is 1. The molecule has 2 aliphatic heterocycles. The van der Waals surface area contributed by atoms with Gasteiger partial charge < -0.3 is 15.1 Å². The Kier molecular flexibility index (Phi) is 7.80. The molecule has 2 atom stereocenters. The smallest absolute Gasteiger partial charge is 0.225 e. The first-order chi connectivity index (χ1) is 15.0. The van der Waals surface area contributed by atoms with Gasteiger partial charge >= 0.3 is 0 Å². The maximum Gasteiger partial charge on any atom is 0.225 e. The van der Waals surface area contributed by atoms with Crippen molar-refractivity contribution in [3.05, 3.63) is 17.7 Å². The predicted molar refractivity (Wildman–Crippen MR) is 127 cm³/mol. The Bertz CT molecular complexity index is 866. The maximum atomic E-state index is 13.1. The first kappa shape index (κ1) is 23.0. The Hall–Kier alpha value is -2.72. The van der Waals surface area contributed by atoms with E-state index in [1.54, 1.807) is 12.3 Å². The van der Waals surface area contributed by atoms with Crippen LogP contribution in [0.1, 0.15) is 45.6 Å². The maximum absolute atomic E-state index is 13.1. The number of carbonyl (C=O) groups is 1. The van der Waals surface area contributed by atoms with Crippen molar-refractivity contribution in [3.63, 3.8) is 0 Å². The number of hydrogen-bond donors (Lipinski definition) is 1. The number of likely N-dealkylation sites (tertiary alicyclic amines) is 1. The number of aliphatic imine (C=N–C) groups is 2. The van der Waals surface area contributed by atoms with E-state index in [1.165, 1.54) is 0 Å². The van der Waals surface area contributed by atoms with E-state index in [9.17, 15) is 10.1 Å². The largest absolute Gasteiger partial charge is 0.369 e. The molecule has 0 bridgehead atoms. The predicted octanol–water partition coefficient (Wildman–Crippen LogP) is 3.68. The topological polar surface area (TPSA) is 84.1 Å². The quantitative estimate of drug-likeness (QED) is 0.709. The third-order valence-corrected chi connectivity index (χ3v) is 6.42. The van der Waals surface area contributed by atoms with E-state index in [-0.39, 0.29) is 17.9 Å². The van der Waals surface area contributed by atoms with Crippen molar-refractivity contribution in [2.45, 2.75) is 46.1 Å². The van der Waals surface area contributed by atoms with Crippen molar-refractivity contribution in [2.75, 3.05) is 37.6 Å². The van der Waals surface area contributed by atoms with Crippen LogP contribution in [-0.2, 0) is 4.79 Å². The van der Waals surface area contributed by atoms with Gasteiger partial charge in [0.1, 0.15) is 17.4 Å². The minimum atomic E-state index is -0.0700. The van der Waals surface area contributed by atoms with E-state index in [0.29, 0.717) is 29.4 Å². The zero-order valence-electron chi connectivity index (χ0n) is 19.0. The third kappa shape index (κ3) is 5.31. The molecule has 0 saturated carbocycles. The number of anilines is 1. The molecule has 1 amide bonds. The molecule has 2 unspecified atom stereocenters. The lowest BCUT2D eigenvalue weighted by molar-refractivity contribution is -0.126. The van der Waals surface area contributed by atoms with E-state index < -0.39 is 0 Å². The highest BCUT2D eigenvalue weighted by Gasteiger charge is 2.32. The lowest BCUT2D eigenvalue weighted by Crippen LogP contribution is -2.50. The molecule has 7 heteroatoms. The standard InChI is InChI=1S/C24H34N6O/c1-5-27-22-18(14-25)7-8-21(23(22)26-4)30-15-17(3)13-19(16-30)24(31)28-20-9-11-29(6-2)12-10-20/h5,7-8,17,19-20H,4,6,9-13,15-16H2,1-3H3,(H,28,31)/b27-5-. The summed E-state index contributed by atoms with van der Waals surface area (Å²) in [4.78, 5) is 26.3. The molecule has 1 aromatic rings. The molecule has 1 N–H and O–H groups in total. The van der Waals surface area contributed by atoms with Crippen LogP contribution in [0.15, 0.2) is 22.1 Å². The number of carbonyl (C=O) groups excluding carboxylic acids is 1. The molecule has 31 heavy (non-hydrogen) atoms. The molecular weight excluding hydrogens is 388 g/mol. The van der Waals surface area contributed by atoms with Gasteiger partial charge in [-0.05, 0) is 57.5 Å². The van der Waals surface area contributed by atoms with Gasteiger partial charge in [0.2, 0.25) is 5.91 Å².